The molecule has 0 aliphatic rings. The zero-order chi connectivity index (χ0) is 11.9. The van der Waals surface area contributed by atoms with Crippen LogP contribution in [-0.2, 0) is 0 Å². The zero-order valence-electron chi connectivity index (χ0n) is 10.1. The Labute approximate surface area is 99.6 Å². The molecule has 0 aromatic heterocycles. The van der Waals surface area contributed by atoms with E-state index in [0.29, 0.717) is 12.8 Å². The van der Waals surface area contributed by atoms with Gasteiger partial charge in [0.1, 0.15) is 0 Å². The first-order valence-corrected chi connectivity index (χ1v) is 6.30. The molecule has 2 nitrogen and oxygen atoms in total. The Morgan fingerprint density at radius 3 is 1.44 bits per heavy atom. The number of rotatable bonds is 10. The Morgan fingerprint density at radius 2 is 1.06 bits per heavy atom. The van der Waals surface area contributed by atoms with Gasteiger partial charge in [0.05, 0.1) is 12.1 Å². The van der Waals surface area contributed by atoms with Gasteiger partial charge in [-0.05, 0) is 38.5 Å². The lowest BCUT2D eigenvalue weighted by molar-refractivity contribution is 0.688. The predicted molar refractivity (Wildman–Crippen MR) is 66.5 cm³/mol. The van der Waals surface area contributed by atoms with Gasteiger partial charge in [0.25, 0.3) is 0 Å². The average Bonchev–Trinajstić information content (AvgIpc) is 2.31. The van der Waals surface area contributed by atoms with Crippen molar-refractivity contribution in [3.05, 3.63) is 12.2 Å². The summed E-state index contributed by atoms with van der Waals surface area (Å²) in [6.45, 7) is 0. The topological polar surface area (TPSA) is 47.6 Å². The van der Waals surface area contributed by atoms with E-state index in [-0.39, 0.29) is 0 Å². The van der Waals surface area contributed by atoms with Crippen molar-refractivity contribution in [2.24, 2.45) is 0 Å². The van der Waals surface area contributed by atoms with Crippen LogP contribution in [0.4, 0.5) is 0 Å². The highest BCUT2D eigenvalue weighted by Gasteiger charge is 1.88. The minimum absolute atomic E-state index is 0.697. The predicted octanol–water partition coefficient (Wildman–Crippen LogP) is 4.49. The van der Waals surface area contributed by atoms with Crippen LogP contribution in [0.2, 0.25) is 0 Å². The average molecular weight is 218 g/mol. The summed E-state index contributed by atoms with van der Waals surface area (Å²) in [4.78, 5) is 0. The van der Waals surface area contributed by atoms with Gasteiger partial charge >= 0.3 is 0 Å². The lowest BCUT2D eigenvalue weighted by atomic mass is 10.1. The van der Waals surface area contributed by atoms with Gasteiger partial charge < -0.3 is 0 Å². The molecule has 0 aliphatic carbocycles. The molecule has 0 N–H and O–H groups in total. The maximum absolute atomic E-state index is 8.34. The van der Waals surface area contributed by atoms with Gasteiger partial charge in [-0.15, -0.1) is 0 Å². The van der Waals surface area contributed by atoms with E-state index in [1.807, 2.05) is 0 Å². The molecule has 0 bridgehead atoms. The fourth-order valence-electron chi connectivity index (χ4n) is 1.52. The lowest BCUT2D eigenvalue weighted by Gasteiger charge is -1.95. The fourth-order valence-corrected chi connectivity index (χ4v) is 1.52. The Hall–Kier alpha value is -1.28. The summed E-state index contributed by atoms with van der Waals surface area (Å²) in [6.07, 6.45) is 15.0. The molecule has 0 heterocycles. The highest BCUT2D eigenvalue weighted by Crippen LogP contribution is 2.06. The van der Waals surface area contributed by atoms with Gasteiger partial charge in [-0.1, -0.05) is 25.0 Å². The van der Waals surface area contributed by atoms with E-state index in [2.05, 4.69) is 24.3 Å². The van der Waals surface area contributed by atoms with Crippen LogP contribution in [0.5, 0.6) is 0 Å². The van der Waals surface area contributed by atoms with E-state index >= 15 is 0 Å². The van der Waals surface area contributed by atoms with E-state index in [1.54, 1.807) is 0 Å². The Kier molecular flexibility index (Phi) is 12.6. The number of hydrogen-bond donors (Lipinski definition) is 0. The molecule has 16 heavy (non-hydrogen) atoms. The normalized spacial score (nSPS) is 10.1. The fraction of sp³-hybridized carbons (Fsp3) is 0.714. The summed E-state index contributed by atoms with van der Waals surface area (Å²) in [6, 6.07) is 4.32. The molecule has 0 spiro atoms. The molecule has 0 rings (SSSR count). The second-order valence-electron chi connectivity index (χ2n) is 3.99. The number of allylic oxidation sites excluding steroid dienone is 2. The van der Waals surface area contributed by atoms with Gasteiger partial charge in [0.2, 0.25) is 0 Å². The standard InChI is InChI=1S/C14H22N2/c15-13-11-9-7-5-3-1-2-4-6-8-10-12-14-16/h1-2H,3-12H2/b2-1+. The summed E-state index contributed by atoms with van der Waals surface area (Å²) in [5.74, 6) is 0. The first kappa shape index (κ1) is 14.7. The van der Waals surface area contributed by atoms with E-state index in [0.717, 1.165) is 25.7 Å². The number of unbranched alkanes of at least 4 members (excludes halogenated alkanes) is 8. The second-order valence-corrected chi connectivity index (χ2v) is 3.99. The highest BCUT2D eigenvalue weighted by atomic mass is 14.2. The second kappa shape index (κ2) is 13.7. The van der Waals surface area contributed by atoms with Crippen LogP contribution in [0.25, 0.3) is 0 Å². The van der Waals surface area contributed by atoms with Gasteiger partial charge in [0, 0.05) is 12.8 Å². The van der Waals surface area contributed by atoms with Crippen molar-refractivity contribution in [3.8, 4) is 12.1 Å². The minimum atomic E-state index is 0.697. The maximum Gasteiger partial charge on any atom is 0.0621 e. The molecule has 0 aliphatic heterocycles. The van der Waals surface area contributed by atoms with Crippen LogP contribution < -0.4 is 0 Å². The third-order valence-corrected chi connectivity index (χ3v) is 2.49. The van der Waals surface area contributed by atoms with E-state index in [1.165, 1.54) is 25.7 Å². The summed E-state index contributed by atoms with van der Waals surface area (Å²) < 4.78 is 0. The van der Waals surface area contributed by atoms with Gasteiger partial charge in [0.15, 0.2) is 0 Å². The van der Waals surface area contributed by atoms with Crippen LogP contribution in [-0.4, -0.2) is 0 Å². The number of hydrogen-bond acceptors (Lipinski definition) is 2. The molecule has 0 radical (unpaired) electrons. The van der Waals surface area contributed by atoms with Crippen molar-refractivity contribution in [2.75, 3.05) is 0 Å². The third-order valence-electron chi connectivity index (χ3n) is 2.49. The molecule has 0 fully saturated rings. The van der Waals surface area contributed by atoms with Crippen molar-refractivity contribution < 1.29 is 0 Å². The van der Waals surface area contributed by atoms with Crippen molar-refractivity contribution >= 4 is 0 Å². The molecule has 0 saturated heterocycles. The molecular weight excluding hydrogens is 196 g/mol. The van der Waals surface area contributed by atoms with Crippen LogP contribution >= 0.6 is 0 Å². The van der Waals surface area contributed by atoms with Gasteiger partial charge in [-0.3, -0.25) is 0 Å². The zero-order valence-corrected chi connectivity index (χ0v) is 10.1. The van der Waals surface area contributed by atoms with Crippen LogP contribution in [0.1, 0.15) is 64.2 Å². The van der Waals surface area contributed by atoms with E-state index in [9.17, 15) is 0 Å². The summed E-state index contributed by atoms with van der Waals surface area (Å²) >= 11 is 0. The van der Waals surface area contributed by atoms with Crippen LogP contribution in [0.15, 0.2) is 12.2 Å². The molecular formula is C14H22N2. The summed E-state index contributed by atoms with van der Waals surface area (Å²) in [5, 5.41) is 16.7. The first-order chi connectivity index (χ1) is 7.91. The molecule has 0 aromatic carbocycles. The molecule has 0 atom stereocenters. The smallest absolute Gasteiger partial charge is 0.0621 e. The maximum atomic E-state index is 8.34. The molecule has 0 saturated carbocycles. The van der Waals surface area contributed by atoms with E-state index < -0.39 is 0 Å². The Morgan fingerprint density at radius 1 is 0.625 bits per heavy atom. The molecule has 0 amide bonds. The monoisotopic (exact) mass is 218 g/mol. The van der Waals surface area contributed by atoms with Crippen molar-refractivity contribution in [1.82, 2.24) is 0 Å². The lowest BCUT2D eigenvalue weighted by Crippen LogP contribution is -1.76. The van der Waals surface area contributed by atoms with Gasteiger partial charge in [-0.2, -0.15) is 10.5 Å². The highest BCUT2D eigenvalue weighted by molar-refractivity contribution is 4.81. The molecule has 88 valence electrons. The Bertz CT molecular complexity index is 216. The van der Waals surface area contributed by atoms with Crippen molar-refractivity contribution in [3.63, 3.8) is 0 Å². The molecule has 0 unspecified atom stereocenters. The van der Waals surface area contributed by atoms with Gasteiger partial charge in [-0.25, -0.2) is 0 Å². The number of nitrogens with zero attached hydrogens (tertiary/aromatic N) is 2. The largest absolute Gasteiger partial charge is 0.198 e. The summed E-state index contributed by atoms with van der Waals surface area (Å²) in [5.41, 5.74) is 0. The first-order valence-electron chi connectivity index (χ1n) is 6.30. The molecule has 2 heteroatoms. The third kappa shape index (κ3) is 12.7. The SMILES string of the molecule is N#CCCCCC/C=C/CCCCCC#N. The van der Waals surface area contributed by atoms with Crippen LogP contribution in [0.3, 0.4) is 0 Å². The Balaban J connectivity index is 3.05. The minimum Gasteiger partial charge on any atom is -0.198 e. The number of nitriles is 2. The van der Waals surface area contributed by atoms with Crippen molar-refractivity contribution in [2.45, 2.75) is 64.2 Å². The van der Waals surface area contributed by atoms with E-state index in [4.69, 9.17) is 10.5 Å². The summed E-state index contributed by atoms with van der Waals surface area (Å²) in [7, 11) is 0. The molecule has 0 aromatic rings. The van der Waals surface area contributed by atoms with Crippen molar-refractivity contribution in [1.29, 1.82) is 10.5 Å². The quantitative estimate of drug-likeness (QED) is 0.400. The van der Waals surface area contributed by atoms with Crippen LogP contribution in [0, 0.1) is 22.7 Å².